The summed E-state index contributed by atoms with van der Waals surface area (Å²) in [5, 5.41) is 0. The van der Waals surface area contributed by atoms with E-state index >= 15 is 0 Å². The fraction of sp³-hybridized carbons (Fsp3) is 0.818. The molecule has 0 rings (SSSR count). The van der Waals surface area contributed by atoms with Crippen molar-refractivity contribution in [2.45, 2.75) is 46.1 Å². The Bertz CT molecular complexity index is 121. The van der Waals surface area contributed by atoms with Crippen LogP contribution >= 0.6 is 0 Å². The van der Waals surface area contributed by atoms with Gasteiger partial charge in [-0.1, -0.05) is 13.0 Å². The fourth-order valence-electron chi connectivity index (χ4n) is 1.30. The van der Waals surface area contributed by atoms with E-state index in [1.54, 1.807) is 0 Å². The quantitative estimate of drug-likeness (QED) is 0.572. The van der Waals surface area contributed by atoms with E-state index in [2.05, 4.69) is 39.2 Å². The molecule has 0 atom stereocenters. The van der Waals surface area contributed by atoms with Gasteiger partial charge in [0.15, 0.2) is 0 Å². The molecular weight excluding hydrogens is 146 g/mol. The van der Waals surface area contributed by atoms with Crippen molar-refractivity contribution >= 4 is 0 Å². The van der Waals surface area contributed by atoms with Crippen LogP contribution in [0.15, 0.2) is 12.7 Å². The second-order valence-electron chi connectivity index (χ2n) is 4.24. The van der Waals surface area contributed by atoms with Crippen LogP contribution in [-0.2, 0) is 0 Å². The second kappa shape index (κ2) is 5.36. The SMILES string of the molecule is C=CCCN(CCC)C(C)(C)C. The van der Waals surface area contributed by atoms with Gasteiger partial charge in [0.1, 0.15) is 0 Å². The first-order chi connectivity index (χ1) is 5.52. The van der Waals surface area contributed by atoms with Gasteiger partial charge in [-0.25, -0.2) is 0 Å². The summed E-state index contributed by atoms with van der Waals surface area (Å²) >= 11 is 0. The lowest BCUT2D eigenvalue weighted by Gasteiger charge is -2.35. The summed E-state index contributed by atoms with van der Waals surface area (Å²) in [6.45, 7) is 15.1. The molecule has 12 heavy (non-hydrogen) atoms. The molecule has 1 nitrogen and oxygen atoms in total. The number of hydrogen-bond acceptors (Lipinski definition) is 1. The molecule has 0 aromatic heterocycles. The minimum atomic E-state index is 0.305. The van der Waals surface area contributed by atoms with E-state index in [9.17, 15) is 0 Å². The Balaban J connectivity index is 3.94. The van der Waals surface area contributed by atoms with Gasteiger partial charge >= 0.3 is 0 Å². The van der Waals surface area contributed by atoms with Gasteiger partial charge in [0.05, 0.1) is 0 Å². The van der Waals surface area contributed by atoms with Crippen molar-refractivity contribution in [1.29, 1.82) is 0 Å². The van der Waals surface area contributed by atoms with Crippen molar-refractivity contribution < 1.29 is 0 Å². The van der Waals surface area contributed by atoms with E-state index in [4.69, 9.17) is 0 Å². The van der Waals surface area contributed by atoms with Crippen LogP contribution in [0.2, 0.25) is 0 Å². The van der Waals surface area contributed by atoms with Crippen LogP contribution in [0, 0.1) is 0 Å². The van der Waals surface area contributed by atoms with E-state index in [1.165, 1.54) is 13.0 Å². The van der Waals surface area contributed by atoms with E-state index in [0.29, 0.717) is 5.54 Å². The van der Waals surface area contributed by atoms with Gasteiger partial charge in [0.2, 0.25) is 0 Å². The van der Waals surface area contributed by atoms with Crippen LogP contribution < -0.4 is 0 Å². The first kappa shape index (κ1) is 11.7. The zero-order chi connectivity index (χ0) is 9.61. The zero-order valence-corrected chi connectivity index (χ0v) is 9.06. The maximum atomic E-state index is 3.75. The molecule has 0 N–H and O–H groups in total. The Hall–Kier alpha value is -0.300. The summed E-state index contributed by atoms with van der Waals surface area (Å²) < 4.78 is 0. The van der Waals surface area contributed by atoms with Gasteiger partial charge in [-0.2, -0.15) is 0 Å². The average molecular weight is 169 g/mol. The van der Waals surface area contributed by atoms with E-state index < -0.39 is 0 Å². The van der Waals surface area contributed by atoms with Crippen LogP contribution in [0.5, 0.6) is 0 Å². The molecule has 0 fully saturated rings. The van der Waals surface area contributed by atoms with Gasteiger partial charge < -0.3 is 0 Å². The molecule has 0 radical (unpaired) electrons. The smallest absolute Gasteiger partial charge is 0.0125 e. The van der Waals surface area contributed by atoms with E-state index in [-0.39, 0.29) is 0 Å². The zero-order valence-electron chi connectivity index (χ0n) is 9.06. The highest BCUT2D eigenvalue weighted by Gasteiger charge is 2.18. The summed E-state index contributed by atoms with van der Waals surface area (Å²) in [5.74, 6) is 0. The van der Waals surface area contributed by atoms with E-state index in [0.717, 1.165) is 13.0 Å². The topological polar surface area (TPSA) is 3.24 Å². The highest BCUT2D eigenvalue weighted by atomic mass is 15.2. The lowest BCUT2D eigenvalue weighted by Crippen LogP contribution is -2.42. The summed E-state index contributed by atoms with van der Waals surface area (Å²) in [7, 11) is 0. The normalized spacial score (nSPS) is 12.1. The van der Waals surface area contributed by atoms with Gasteiger partial charge in [-0.05, 0) is 40.2 Å². The maximum absolute atomic E-state index is 3.75. The molecule has 0 aromatic carbocycles. The second-order valence-corrected chi connectivity index (χ2v) is 4.24. The third-order valence-electron chi connectivity index (χ3n) is 2.05. The Morgan fingerprint density at radius 2 is 1.83 bits per heavy atom. The summed E-state index contributed by atoms with van der Waals surface area (Å²) in [5.41, 5.74) is 0.305. The molecule has 0 heterocycles. The molecule has 1 heteroatoms. The van der Waals surface area contributed by atoms with Crippen molar-refractivity contribution in [3.8, 4) is 0 Å². The molecule has 0 unspecified atom stereocenters. The molecule has 72 valence electrons. The van der Waals surface area contributed by atoms with Gasteiger partial charge in [0, 0.05) is 12.1 Å². The summed E-state index contributed by atoms with van der Waals surface area (Å²) in [6, 6.07) is 0. The lowest BCUT2D eigenvalue weighted by molar-refractivity contribution is 0.139. The molecule has 0 saturated heterocycles. The first-order valence-electron chi connectivity index (χ1n) is 4.88. The minimum absolute atomic E-state index is 0.305. The number of rotatable bonds is 5. The maximum Gasteiger partial charge on any atom is 0.0125 e. The van der Waals surface area contributed by atoms with Crippen molar-refractivity contribution in [2.24, 2.45) is 0 Å². The Kier molecular flexibility index (Phi) is 5.23. The molecule has 0 aromatic rings. The van der Waals surface area contributed by atoms with Crippen molar-refractivity contribution in [3.63, 3.8) is 0 Å². The summed E-state index contributed by atoms with van der Waals surface area (Å²) in [6.07, 6.45) is 4.32. The highest BCUT2D eigenvalue weighted by molar-refractivity contribution is 4.78. The third-order valence-corrected chi connectivity index (χ3v) is 2.05. The largest absolute Gasteiger partial charge is 0.298 e. The molecule has 0 aliphatic rings. The van der Waals surface area contributed by atoms with Crippen LogP contribution in [0.4, 0.5) is 0 Å². The number of nitrogens with zero attached hydrogens (tertiary/aromatic N) is 1. The van der Waals surface area contributed by atoms with Crippen molar-refractivity contribution in [2.75, 3.05) is 13.1 Å². The van der Waals surface area contributed by atoms with E-state index in [1.807, 2.05) is 6.08 Å². The molecule has 0 spiro atoms. The van der Waals surface area contributed by atoms with Crippen LogP contribution in [0.3, 0.4) is 0 Å². The van der Waals surface area contributed by atoms with Gasteiger partial charge in [0.25, 0.3) is 0 Å². The van der Waals surface area contributed by atoms with Gasteiger partial charge in [-0.3, -0.25) is 4.90 Å². The molecule has 0 aliphatic carbocycles. The minimum Gasteiger partial charge on any atom is -0.298 e. The Labute approximate surface area is 77.5 Å². The average Bonchev–Trinajstić information content (AvgIpc) is 1.95. The standard InChI is InChI=1S/C11H23N/c1-6-8-10-12(9-7-2)11(3,4)5/h6H,1,7-10H2,2-5H3. The molecule has 0 aliphatic heterocycles. The van der Waals surface area contributed by atoms with Crippen LogP contribution in [0.1, 0.15) is 40.5 Å². The first-order valence-corrected chi connectivity index (χ1v) is 4.88. The molecule has 0 bridgehead atoms. The monoisotopic (exact) mass is 169 g/mol. The van der Waals surface area contributed by atoms with Crippen LogP contribution in [-0.4, -0.2) is 23.5 Å². The van der Waals surface area contributed by atoms with Crippen LogP contribution in [0.25, 0.3) is 0 Å². The van der Waals surface area contributed by atoms with Crippen molar-refractivity contribution in [1.82, 2.24) is 4.90 Å². The highest BCUT2D eigenvalue weighted by Crippen LogP contribution is 2.13. The molecular formula is C11H23N. The Morgan fingerprint density at radius 1 is 1.25 bits per heavy atom. The lowest BCUT2D eigenvalue weighted by atomic mass is 10.1. The predicted molar refractivity (Wildman–Crippen MR) is 56.4 cm³/mol. The number of hydrogen-bond donors (Lipinski definition) is 0. The van der Waals surface area contributed by atoms with Gasteiger partial charge in [-0.15, -0.1) is 6.58 Å². The summed E-state index contributed by atoms with van der Waals surface area (Å²) in [4.78, 5) is 2.51. The molecule has 0 saturated carbocycles. The predicted octanol–water partition coefficient (Wildman–Crippen LogP) is 3.07. The molecule has 0 amide bonds. The Morgan fingerprint density at radius 3 is 2.17 bits per heavy atom. The third kappa shape index (κ3) is 4.55. The van der Waals surface area contributed by atoms with Crippen molar-refractivity contribution in [3.05, 3.63) is 12.7 Å². The fourth-order valence-corrected chi connectivity index (χ4v) is 1.30.